The summed E-state index contributed by atoms with van der Waals surface area (Å²) in [7, 11) is 4.73. The molecule has 34 heavy (non-hydrogen) atoms. The predicted octanol–water partition coefficient (Wildman–Crippen LogP) is 3.24. The van der Waals surface area contributed by atoms with Gasteiger partial charge >= 0.3 is 0 Å². The molecule has 1 saturated heterocycles. The van der Waals surface area contributed by atoms with E-state index >= 15 is 0 Å². The number of carbonyl (C=O) groups excluding carboxylic acids is 1. The molecule has 9 nitrogen and oxygen atoms in total. The van der Waals surface area contributed by atoms with Crippen LogP contribution in [0.5, 0.6) is 17.2 Å². The van der Waals surface area contributed by atoms with Crippen LogP contribution in [0.4, 0.5) is 11.5 Å². The number of anilines is 2. The van der Waals surface area contributed by atoms with Crippen LogP contribution in [0.1, 0.15) is 24.1 Å². The number of amides is 1. The molecule has 4 rings (SSSR count). The lowest BCUT2D eigenvalue weighted by Crippen LogP contribution is -2.46. The van der Waals surface area contributed by atoms with Gasteiger partial charge in [0.2, 0.25) is 5.91 Å². The van der Waals surface area contributed by atoms with E-state index in [1.807, 2.05) is 30.3 Å². The van der Waals surface area contributed by atoms with Crippen molar-refractivity contribution < 1.29 is 19.0 Å². The normalized spacial score (nSPS) is 15.5. The number of hydrogen-bond donors (Lipinski definition) is 2. The Balaban J connectivity index is 1.72. The molecule has 0 radical (unpaired) electrons. The summed E-state index contributed by atoms with van der Waals surface area (Å²) in [5.74, 6) is 2.36. The number of pyridine rings is 1. The second-order valence-corrected chi connectivity index (χ2v) is 7.95. The van der Waals surface area contributed by atoms with E-state index in [0.717, 1.165) is 35.2 Å². The van der Waals surface area contributed by atoms with Gasteiger partial charge in [0.25, 0.3) is 0 Å². The van der Waals surface area contributed by atoms with Crippen molar-refractivity contribution in [3.8, 4) is 23.3 Å². The molecule has 0 bridgehead atoms. The first-order valence-electron chi connectivity index (χ1n) is 10.9. The van der Waals surface area contributed by atoms with Crippen molar-refractivity contribution in [2.75, 3.05) is 51.2 Å². The minimum Gasteiger partial charge on any atom is -0.495 e. The molecule has 2 heterocycles. The van der Waals surface area contributed by atoms with E-state index in [-0.39, 0.29) is 11.9 Å². The molecular weight excluding hydrogens is 434 g/mol. The second kappa shape index (κ2) is 9.85. The predicted molar refractivity (Wildman–Crippen MR) is 130 cm³/mol. The number of nitrogens with zero attached hydrogens (tertiary/aromatic N) is 3. The van der Waals surface area contributed by atoms with Crippen molar-refractivity contribution in [1.29, 1.82) is 5.26 Å². The van der Waals surface area contributed by atoms with Crippen molar-refractivity contribution >= 4 is 28.2 Å². The van der Waals surface area contributed by atoms with Crippen molar-refractivity contribution in [3.63, 3.8) is 0 Å². The largest absolute Gasteiger partial charge is 0.495 e. The van der Waals surface area contributed by atoms with Crippen LogP contribution >= 0.6 is 0 Å². The van der Waals surface area contributed by atoms with E-state index in [2.05, 4.69) is 26.6 Å². The van der Waals surface area contributed by atoms with Gasteiger partial charge in [0.05, 0.1) is 32.6 Å². The van der Waals surface area contributed by atoms with E-state index in [1.165, 1.54) is 6.92 Å². The van der Waals surface area contributed by atoms with Gasteiger partial charge in [0.1, 0.15) is 17.6 Å². The quantitative estimate of drug-likeness (QED) is 0.576. The Kier molecular flexibility index (Phi) is 6.70. The molecule has 3 aromatic rings. The molecular formula is C25H27N5O4. The topological polar surface area (TPSA) is 109 Å². The number of rotatable bonds is 6. The van der Waals surface area contributed by atoms with E-state index < -0.39 is 0 Å². The lowest BCUT2D eigenvalue weighted by molar-refractivity contribution is -0.114. The lowest BCUT2D eigenvalue weighted by atomic mass is 10.0. The smallest absolute Gasteiger partial charge is 0.221 e. The Labute approximate surface area is 198 Å². The maximum atomic E-state index is 11.6. The molecule has 9 heteroatoms. The Morgan fingerprint density at radius 2 is 1.82 bits per heavy atom. The average molecular weight is 462 g/mol. The zero-order valence-electron chi connectivity index (χ0n) is 19.6. The minimum absolute atomic E-state index is 0.000184. The number of carbonyl (C=O) groups is 1. The van der Waals surface area contributed by atoms with Gasteiger partial charge in [-0.1, -0.05) is 6.07 Å². The number of fused-ring (bicyclic) bond motifs is 1. The zero-order valence-corrected chi connectivity index (χ0v) is 19.6. The van der Waals surface area contributed by atoms with Crippen molar-refractivity contribution in [2.24, 2.45) is 0 Å². The maximum absolute atomic E-state index is 11.6. The van der Waals surface area contributed by atoms with Crippen LogP contribution in [0.25, 0.3) is 10.8 Å². The highest BCUT2D eigenvalue weighted by Gasteiger charge is 2.25. The molecule has 0 spiro atoms. The number of nitrogens with one attached hydrogen (secondary N) is 2. The first-order chi connectivity index (χ1) is 16.5. The summed E-state index contributed by atoms with van der Waals surface area (Å²) in [6.45, 7) is 3.60. The number of ether oxygens (including phenoxy) is 3. The first-order valence-corrected chi connectivity index (χ1v) is 10.9. The van der Waals surface area contributed by atoms with Crippen molar-refractivity contribution in [3.05, 3.63) is 47.7 Å². The molecule has 2 N–H and O–H groups in total. The number of methoxy groups -OCH3 is 3. The minimum atomic E-state index is -0.161. The second-order valence-electron chi connectivity index (χ2n) is 7.95. The lowest BCUT2D eigenvalue weighted by Gasteiger charge is -2.35. The average Bonchev–Trinajstić information content (AvgIpc) is 2.86. The fraction of sp³-hybridized carbons (Fsp3) is 0.320. The van der Waals surface area contributed by atoms with Gasteiger partial charge in [-0.2, -0.15) is 5.26 Å². The number of aromatic nitrogens is 1. The van der Waals surface area contributed by atoms with Crippen molar-refractivity contribution in [2.45, 2.75) is 13.0 Å². The monoisotopic (exact) mass is 461 g/mol. The number of piperazine rings is 1. The standard InChI is InChI=1S/C25H27N5O4/c1-15(31)29-20-9-16(5-6-22(20)32-2)21-14-30(8-7-27-21)25-19-11-24(34-4)23(33-3)10-18(19)17(12-26)13-28-25/h5-6,9-11,13,21,27H,7-8,14H2,1-4H3,(H,29,31). The molecule has 176 valence electrons. The van der Waals surface area contributed by atoms with Crippen LogP contribution in [0.2, 0.25) is 0 Å². The van der Waals surface area contributed by atoms with Gasteiger partial charge in [-0.25, -0.2) is 4.98 Å². The van der Waals surface area contributed by atoms with Gasteiger partial charge in [0.15, 0.2) is 11.5 Å². The van der Waals surface area contributed by atoms with E-state index in [1.54, 1.807) is 27.5 Å². The maximum Gasteiger partial charge on any atom is 0.221 e. The van der Waals surface area contributed by atoms with Gasteiger partial charge in [-0.05, 0) is 29.8 Å². The molecule has 1 aromatic heterocycles. The number of nitriles is 1. The fourth-order valence-electron chi connectivity index (χ4n) is 4.29. The zero-order chi connectivity index (χ0) is 24.2. The summed E-state index contributed by atoms with van der Waals surface area (Å²) in [4.78, 5) is 18.5. The SMILES string of the molecule is COc1ccc(C2CN(c3ncc(C#N)c4cc(OC)c(OC)cc34)CCN2)cc1NC(C)=O. The molecule has 1 atom stereocenters. The molecule has 2 aromatic carbocycles. The van der Waals surface area contributed by atoms with Gasteiger partial charge in [-0.3, -0.25) is 4.79 Å². The summed E-state index contributed by atoms with van der Waals surface area (Å²) in [5.41, 5.74) is 2.12. The molecule has 1 aliphatic heterocycles. The van der Waals surface area contributed by atoms with E-state index in [9.17, 15) is 10.1 Å². The summed E-state index contributed by atoms with van der Waals surface area (Å²) >= 11 is 0. The van der Waals surface area contributed by atoms with Crippen LogP contribution in [0.3, 0.4) is 0 Å². The third-order valence-corrected chi connectivity index (χ3v) is 5.90. The molecule has 1 aliphatic rings. The van der Waals surface area contributed by atoms with Crippen LogP contribution in [-0.2, 0) is 4.79 Å². The Hall–Kier alpha value is -4.03. The van der Waals surface area contributed by atoms with E-state index in [0.29, 0.717) is 35.0 Å². The van der Waals surface area contributed by atoms with Gasteiger partial charge in [-0.15, -0.1) is 0 Å². The third-order valence-electron chi connectivity index (χ3n) is 5.90. The highest BCUT2D eigenvalue weighted by molar-refractivity contribution is 5.98. The third kappa shape index (κ3) is 4.40. The number of benzene rings is 2. The highest BCUT2D eigenvalue weighted by atomic mass is 16.5. The summed E-state index contributed by atoms with van der Waals surface area (Å²) in [6, 6.07) is 11.7. The summed E-state index contributed by atoms with van der Waals surface area (Å²) in [6.07, 6.45) is 1.60. The Morgan fingerprint density at radius 1 is 1.12 bits per heavy atom. The van der Waals surface area contributed by atoms with E-state index in [4.69, 9.17) is 14.2 Å². The van der Waals surface area contributed by atoms with Crippen molar-refractivity contribution in [1.82, 2.24) is 10.3 Å². The molecule has 1 amide bonds. The first kappa shape index (κ1) is 23.1. The molecule has 1 fully saturated rings. The Bertz CT molecular complexity index is 1270. The van der Waals surface area contributed by atoms with Gasteiger partial charge < -0.3 is 29.7 Å². The van der Waals surface area contributed by atoms with Crippen LogP contribution in [0, 0.1) is 11.3 Å². The summed E-state index contributed by atoms with van der Waals surface area (Å²) < 4.78 is 16.3. The number of hydrogen-bond acceptors (Lipinski definition) is 8. The molecule has 1 unspecified atom stereocenters. The van der Waals surface area contributed by atoms with Crippen LogP contribution < -0.4 is 29.7 Å². The highest BCUT2D eigenvalue weighted by Crippen LogP contribution is 2.38. The van der Waals surface area contributed by atoms with Gasteiger partial charge in [0, 0.05) is 49.6 Å². The summed E-state index contributed by atoms with van der Waals surface area (Å²) in [5, 5.41) is 17.6. The molecule has 0 saturated carbocycles. The van der Waals surface area contributed by atoms with Crippen LogP contribution in [-0.4, -0.2) is 51.9 Å². The molecule has 0 aliphatic carbocycles. The fourth-order valence-corrected chi connectivity index (χ4v) is 4.29. The Morgan fingerprint density at radius 3 is 2.47 bits per heavy atom. The van der Waals surface area contributed by atoms with Crippen LogP contribution in [0.15, 0.2) is 36.5 Å².